The first kappa shape index (κ1) is 14.7. The molecule has 100 valence electrons. The van der Waals surface area contributed by atoms with Crippen molar-refractivity contribution in [2.24, 2.45) is 0 Å². The van der Waals surface area contributed by atoms with Gasteiger partial charge >= 0.3 is 5.97 Å². The maximum Gasteiger partial charge on any atom is 0.335 e. The minimum atomic E-state index is -0.812. The summed E-state index contributed by atoms with van der Waals surface area (Å²) in [5.74, 6) is -0.812. The highest BCUT2D eigenvalue weighted by Crippen LogP contribution is 2.14. The number of rotatable bonds is 9. The fourth-order valence-electron chi connectivity index (χ4n) is 2.22. The molecular weight excluding hydrogens is 224 g/mol. The maximum atomic E-state index is 11.0. The van der Waals surface area contributed by atoms with Gasteiger partial charge in [-0.15, -0.1) is 0 Å². The van der Waals surface area contributed by atoms with Gasteiger partial charge in [-0.2, -0.15) is 0 Å². The molecular formula is C16H24O2. The molecule has 1 rings (SSSR count). The smallest absolute Gasteiger partial charge is 0.335 e. The van der Waals surface area contributed by atoms with E-state index in [9.17, 15) is 4.79 Å². The van der Waals surface area contributed by atoms with Gasteiger partial charge in [0.15, 0.2) is 0 Å². The summed E-state index contributed by atoms with van der Waals surface area (Å²) in [6, 6.07) is 7.33. The van der Waals surface area contributed by atoms with Crippen molar-refractivity contribution in [3.63, 3.8) is 0 Å². The van der Waals surface area contributed by atoms with E-state index in [2.05, 4.69) is 6.92 Å². The molecule has 0 spiro atoms. The molecule has 18 heavy (non-hydrogen) atoms. The predicted molar refractivity (Wildman–Crippen MR) is 75.1 cm³/mol. The van der Waals surface area contributed by atoms with Crippen LogP contribution in [0.5, 0.6) is 0 Å². The summed E-state index contributed by atoms with van der Waals surface area (Å²) in [5.41, 5.74) is 1.43. The van der Waals surface area contributed by atoms with Crippen molar-refractivity contribution in [3.05, 3.63) is 35.4 Å². The summed E-state index contributed by atoms with van der Waals surface area (Å²) in [6.07, 6.45) is 9.73. The molecule has 2 nitrogen and oxygen atoms in total. The topological polar surface area (TPSA) is 37.3 Å². The first-order chi connectivity index (χ1) is 8.75. The van der Waals surface area contributed by atoms with Gasteiger partial charge in [-0.3, -0.25) is 0 Å². The van der Waals surface area contributed by atoms with E-state index in [1.165, 1.54) is 38.5 Å². The number of unbranched alkanes of at least 4 members (excludes halogenated alkanes) is 6. The Kier molecular flexibility index (Phi) is 7.16. The summed E-state index contributed by atoms with van der Waals surface area (Å²) in [5, 5.41) is 9.07. The van der Waals surface area contributed by atoms with Crippen LogP contribution in [0.3, 0.4) is 0 Å². The van der Waals surface area contributed by atoms with Crippen LogP contribution in [0, 0.1) is 0 Å². The zero-order chi connectivity index (χ0) is 13.2. The number of carbonyl (C=O) groups is 1. The van der Waals surface area contributed by atoms with Crippen molar-refractivity contribution in [2.75, 3.05) is 0 Å². The van der Waals surface area contributed by atoms with E-state index in [1.807, 2.05) is 12.1 Å². The van der Waals surface area contributed by atoms with Gasteiger partial charge in [-0.1, -0.05) is 63.6 Å². The Morgan fingerprint density at radius 3 is 2.28 bits per heavy atom. The minimum Gasteiger partial charge on any atom is -0.478 e. The van der Waals surface area contributed by atoms with Crippen LogP contribution in [0.15, 0.2) is 24.3 Å². The van der Waals surface area contributed by atoms with Crippen molar-refractivity contribution in [2.45, 2.75) is 58.3 Å². The summed E-state index contributed by atoms with van der Waals surface area (Å²) in [6.45, 7) is 2.23. The Labute approximate surface area is 110 Å². The van der Waals surface area contributed by atoms with E-state index in [0.717, 1.165) is 18.4 Å². The van der Waals surface area contributed by atoms with Crippen LogP contribution in [0.1, 0.15) is 67.8 Å². The van der Waals surface area contributed by atoms with Crippen LogP contribution in [-0.4, -0.2) is 11.1 Å². The minimum absolute atomic E-state index is 0.462. The average Bonchev–Trinajstić information content (AvgIpc) is 2.38. The molecule has 0 unspecified atom stereocenters. The molecule has 0 atom stereocenters. The third kappa shape index (κ3) is 5.35. The van der Waals surface area contributed by atoms with E-state index in [0.29, 0.717) is 5.56 Å². The average molecular weight is 248 g/mol. The summed E-state index contributed by atoms with van der Waals surface area (Å²) < 4.78 is 0. The Hall–Kier alpha value is -1.31. The Morgan fingerprint density at radius 1 is 1.00 bits per heavy atom. The number of carboxylic acid groups (broad SMARTS) is 1. The van der Waals surface area contributed by atoms with Crippen LogP contribution in [0.4, 0.5) is 0 Å². The predicted octanol–water partition coefficient (Wildman–Crippen LogP) is 4.68. The molecule has 0 aliphatic rings. The lowest BCUT2D eigenvalue weighted by molar-refractivity contribution is 0.0695. The fraction of sp³-hybridized carbons (Fsp3) is 0.562. The van der Waals surface area contributed by atoms with Crippen LogP contribution < -0.4 is 0 Å². The van der Waals surface area contributed by atoms with Gasteiger partial charge in [-0.25, -0.2) is 4.79 Å². The Balaban J connectivity index is 2.25. The molecule has 0 amide bonds. The van der Waals surface area contributed by atoms with Crippen molar-refractivity contribution >= 4 is 5.97 Å². The number of hydrogen-bond donors (Lipinski definition) is 1. The molecule has 0 bridgehead atoms. The molecule has 0 aromatic heterocycles. The summed E-state index contributed by atoms with van der Waals surface area (Å²) in [7, 11) is 0. The van der Waals surface area contributed by atoms with Gasteiger partial charge in [0.2, 0.25) is 0 Å². The molecule has 1 aromatic carbocycles. The van der Waals surface area contributed by atoms with Crippen LogP contribution in [0.25, 0.3) is 0 Å². The number of aromatic carboxylic acids is 1. The fourth-order valence-corrected chi connectivity index (χ4v) is 2.22. The van der Waals surface area contributed by atoms with Gasteiger partial charge in [0.25, 0.3) is 0 Å². The summed E-state index contributed by atoms with van der Waals surface area (Å²) >= 11 is 0. The quantitative estimate of drug-likeness (QED) is 0.644. The monoisotopic (exact) mass is 248 g/mol. The molecule has 2 heteroatoms. The van der Waals surface area contributed by atoms with Crippen LogP contribution >= 0.6 is 0 Å². The molecule has 1 aromatic rings. The number of aryl methyl sites for hydroxylation is 1. The second-order valence-electron chi connectivity index (χ2n) is 4.83. The zero-order valence-corrected chi connectivity index (χ0v) is 11.3. The highest BCUT2D eigenvalue weighted by molar-refractivity contribution is 5.89. The second-order valence-corrected chi connectivity index (χ2v) is 4.83. The van der Waals surface area contributed by atoms with Gasteiger partial charge in [0.1, 0.15) is 0 Å². The zero-order valence-electron chi connectivity index (χ0n) is 11.3. The first-order valence-corrected chi connectivity index (χ1v) is 7.07. The highest BCUT2D eigenvalue weighted by Gasteiger charge is 2.07. The van der Waals surface area contributed by atoms with Crippen LogP contribution in [-0.2, 0) is 6.42 Å². The lowest BCUT2D eigenvalue weighted by Crippen LogP contribution is -2.02. The second kappa shape index (κ2) is 8.73. The molecule has 0 aliphatic carbocycles. The SMILES string of the molecule is CCCCCCCCCc1ccccc1C(=O)O. The Bertz CT molecular complexity index is 358. The largest absolute Gasteiger partial charge is 0.478 e. The Morgan fingerprint density at radius 2 is 1.61 bits per heavy atom. The first-order valence-electron chi connectivity index (χ1n) is 7.07. The van der Waals surface area contributed by atoms with Gasteiger partial charge in [0, 0.05) is 0 Å². The van der Waals surface area contributed by atoms with Crippen molar-refractivity contribution < 1.29 is 9.90 Å². The van der Waals surface area contributed by atoms with Gasteiger partial charge in [-0.05, 0) is 24.5 Å². The molecule has 0 aliphatic heterocycles. The lowest BCUT2D eigenvalue weighted by atomic mass is 10.0. The molecule has 0 saturated heterocycles. The number of carboxylic acids is 1. The van der Waals surface area contributed by atoms with E-state index < -0.39 is 5.97 Å². The van der Waals surface area contributed by atoms with E-state index in [1.54, 1.807) is 12.1 Å². The van der Waals surface area contributed by atoms with Crippen molar-refractivity contribution in [3.8, 4) is 0 Å². The third-order valence-corrected chi connectivity index (χ3v) is 3.30. The third-order valence-electron chi connectivity index (χ3n) is 3.30. The highest BCUT2D eigenvalue weighted by atomic mass is 16.4. The van der Waals surface area contributed by atoms with E-state index >= 15 is 0 Å². The number of benzene rings is 1. The lowest BCUT2D eigenvalue weighted by Gasteiger charge is -2.05. The number of hydrogen-bond acceptors (Lipinski definition) is 1. The standard InChI is InChI=1S/C16H24O2/c1-2-3-4-5-6-7-8-11-14-12-9-10-13-15(14)16(17)18/h9-10,12-13H,2-8,11H2,1H3,(H,17,18). The summed E-state index contributed by atoms with van der Waals surface area (Å²) in [4.78, 5) is 11.0. The molecule has 0 radical (unpaired) electrons. The van der Waals surface area contributed by atoms with Gasteiger partial charge in [0.05, 0.1) is 5.56 Å². The maximum absolute atomic E-state index is 11.0. The van der Waals surface area contributed by atoms with Crippen LogP contribution in [0.2, 0.25) is 0 Å². The molecule has 0 saturated carbocycles. The van der Waals surface area contributed by atoms with E-state index in [-0.39, 0.29) is 0 Å². The van der Waals surface area contributed by atoms with E-state index in [4.69, 9.17) is 5.11 Å². The van der Waals surface area contributed by atoms with Gasteiger partial charge < -0.3 is 5.11 Å². The van der Waals surface area contributed by atoms with Crippen molar-refractivity contribution in [1.82, 2.24) is 0 Å². The van der Waals surface area contributed by atoms with Crippen molar-refractivity contribution in [1.29, 1.82) is 0 Å². The molecule has 0 fully saturated rings. The molecule has 0 heterocycles. The normalized spacial score (nSPS) is 10.5. The molecule has 1 N–H and O–H groups in total.